The van der Waals surface area contributed by atoms with Crippen molar-refractivity contribution in [1.29, 1.82) is 0 Å². The number of furan rings is 1. The molecule has 0 N–H and O–H groups in total. The summed E-state index contributed by atoms with van der Waals surface area (Å²) in [5.74, 6) is 1.35. The normalized spacial score (nSPS) is 16.5. The smallest absolute Gasteiger partial charge is 0.271 e. The number of thiazole rings is 1. The molecule has 0 bridgehead atoms. The molecule has 5 aromatic rings. The summed E-state index contributed by atoms with van der Waals surface area (Å²) in [7, 11) is 0. The Kier molecular flexibility index (Phi) is 6.07. The molecular formula is C32H22BrClN2O2S. The molecule has 0 fully saturated rings. The Morgan fingerprint density at radius 1 is 1.03 bits per heavy atom. The van der Waals surface area contributed by atoms with Crippen LogP contribution in [0.4, 0.5) is 0 Å². The second kappa shape index (κ2) is 9.63. The van der Waals surface area contributed by atoms with E-state index in [0.29, 0.717) is 20.1 Å². The van der Waals surface area contributed by atoms with Crippen LogP contribution in [0.1, 0.15) is 40.5 Å². The van der Waals surface area contributed by atoms with Gasteiger partial charge in [0.15, 0.2) is 4.80 Å². The molecule has 0 radical (unpaired) electrons. The maximum atomic E-state index is 14.0. The number of fused-ring (bicyclic) bond motifs is 3. The highest BCUT2D eigenvalue weighted by atomic mass is 79.9. The van der Waals surface area contributed by atoms with Gasteiger partial charge in [-0.1, -0.05) is 87.4 Å². The van der Waals surface area contributed by atoms with Crippen LogP contribution in [0, 0.1) is 6.92 Å². The lowest BCUT2D eigenvalue weighted by atomic mass is 9.83. The van der Waals surface area contributed by atoms with E-state index in [1.54, 1.807) is 0 Å². The summed E-state index contributed by atoms with van der Waals surface area (Å²) in [5, 5.41) is 0.643. The Bertz CT molecular complexity index is 2000. The first kappa shape index (κ1) is 24.6. The van der Waals surface area contributed by atoms with E-state index >= 15 is 0 Å². The van der Waals surface area contributed by atoms with Crippen molar-refractivity contribution in [3.63, 3.8) is 0 Å². The van der Waals surface area contributed by atoms with Crippen LogP contribution in [-0.2, 0) is 6.42 Å². The number of aromatic nitrogens is 1. The van der Waals surface area contributed by atoms with Crippen LogP contribution in [-0.4, -0.2) is 4.57 Å². The number of aryl methyl sites for hydroxylation is 2. The van der Waals surface area contributed by atoms with E-state index in [1.165, 1.54) is 16.9 Å². The van der Waals surface area contributed by atoms with E-state index < -0.39 is 0 Å². The standard InChI is InChI=1S/C32H22BrClN2O2S/c1-18-10-13-22(25(33)16-18)27-15-12-20(38-27)17-28-31(37)36-30(23-8-4-5-9-26(23)34)24-14-11-19-6-2-3-7-21(19)29(24)35-32(36)39-28/h2-10,12-13,15-17,30H,11,14H2,1H3/b28-17+. The average Bonchev–Trinajstić information content (AvgIpc) is 3.52. The van der Waals surface area contributed by atoms with Gasteiger partial charge in [0.1, 0.15) is 11.5 Å². The van der Waals surface area contributed by atoms with Crippen LogP contribution in [0.25, 0.3) is 23.1 Å². The number of hydrogen-bond donors (Lipinski definition) is 0. The van der Waals surface area contributed by atoms with Crippen LogP contribution in [0.2, 0.25) is 5.02 Å². The van der Waals surface area contributed by atoms with E-state index in [2.05, 4.69) is 46.3 Å². The Hall–Kier alpha value is -3.45. The summed E-state index contributed by atoms with van der Waals surface area (Å²) < 4.78 is 9.51. The number of allylic oxidation sites excluding steroid dienone is 1. The summed E-state index contributed by atoms with van der Waals surface area (Å²) in [6.45, 7) is 2.05. The minimum absolute atomic E-state index is 0.0939. The first-order chi connectivity index (χ1) is 19.0. The second-order valence-electron chi connectivity index (χ2n) is 9.82. The topological polar surface area (TPSA) is 47.5 Å². The summed E-state index contributed by atoms with van der Waals surface area (Å²) in [6.07, 6.45) is 3.54. The summed E-state index contributed by atoms with van der Waals surface area (Å²) in [6, 6.07) is 25.9. The summed E-state index contributed by atoms with van der Waals surface area (Å²) in [4.78, 5) is 19.7. The Morgan fingerprint density at radius 3 is 2.69 bits per heavy atom. The first-order valence-corrected chi connectivity index (χ1v) is 14.7. The highest BCUT2D eigenvalue weighted by molar-refractivity contribution is 9.10. The zero-order valence-electron chi connectivity index (χ0n) is 20.9. The van der Waals surface area contributed by atoms with Gasteiger partial charge in [-0.2, -0.15) is 0 Å². The summed E-state index contributed by atoms with van der Waals surface area (Å²) in [5.41, 5.74) is 7.45. The molecule has 2 aliphatic rings. The fourth-order valence-corrected chi connectivity index (χ4v) is 7.43. The third kappa shape index (κ3) is 4.18. The molecule has 0 saturated carbocycles. The lowest BCUT2D eigenvalue weighted by molar-refractivity contribution is 0.570. The minimum atomic E-state index is -0.309. The van der Waals surface area contributed by atoms with Crippen molar-refractivity contribution in [2.24, 2.45) is 4.99 Å². The molecule has 2 aromatic heterocycles. The lowest BCUT2D eigenvalue weighted by Crippen LogP contribution is -2.38. The Balaban J connectivity index is 1.41. The minimum Gasteiger partial charge on any atom is -0.457 e. The SMILES string of the molecule is Cc1ccc(-c2ccc(/C=c3/sc4n(c3=O)C(c3ccccc3Cl)C3=C(N=4)c4ccccc4CC3)o2)c(Br)c1. The number of benzene rings is 3. The van der Waals surface area contributed by atoms with Crippen molar-refractivity contribution in [3.8, 4) is 11.3 Å². The molecule has 1 aliphatic heterocycles. The Morgan fingerprint density at radius 2 is 1.85 bits per heavy atom. The van der Waals surface area contributed by atoms with Gasteiger partial charge in [0, 0.05) is 26.7 Å². The van der Waals surface area contributed by atoms with Gasteiger partial charge in [-0.3, -0.25) is 9.36 Å². The maximum Gasteiger partial charge on any atom is 0.271 e. The van der Waals surface area contributed by atoms with Gasteiger partial charge >= 0.3 is 0 Å². The van der Waals surface area contributed by atoms with Gasteiger partial charge in [0.05, 0.1) is 16.3 Å². The van der Waals surface area contributed by atoms with Crippen LogP contribution >= 0.6 is 38.9 Å². The van der Waals surface area contributed by atoms with E-state index in [4.69, 9.17) is 21.0 Å². The third-order valence-electron chi connectivity index (χ3n) is 7.36. The lowest BCUT2D eigenvalue weighted by Gasteiger charge is -2.31. The molecule has 7 heteroatoms. The van der Waals surface area contributed by atoms with Crippen LogP contribution in [0.3, 0.4) is 0 Å². The average molecular weight is 614 g/mol. The van der Waals surface area contributed by atoms with Crippen molar-refractivity contribution in [3.05, 3.63) is 142 Å². The highest BCUT2D eigenvalue weighted by Gasteiger charge is 2.33. The van der Waals surface area contributed by atoms with Gasteiger partial charge in [0.2, 0.25) is 0 Å². The molecule has 4 nitrogen and oxygen atoms in total. The van der Waals surface area contributed by atoms with Gasteiger partial charge < -0.3 is 4.42 Å². The molecule has 0 spiro atoms. The molecule has 0 saturated heterocycles. The number of rotatable bonds is 3. The predicted molar refractivity (Wildman–Crippen MR) is 161 cm³/mol. The van der Waals surface area contributed by atoms with Crippen molar-refractivity contribution >= 4 is 50.6 Å². The molecule has 3 heterocycles. The fraction of sp³-hybridized carbons (Fsp3) is 0.125. The molecular weight excluding hydrogens is 592 g/mol. The number of halogens is 2. The molecule has 3 aromatic carbocycles. The first-order valence-electron chi connectivity index (χ1n) is 12.7. The predicted octanol–water partition coefficient (Wildman–Crippen LogP) is 7.30. The van der Waals surface area contributed by atoms with Gasteiger partial charge in [-0.25, -0.2) is 4.99 Å². The molecule has 1 aliphatic carbocycles. The molecule has 1 atom stereocenters. The van der Waals surface area contributed by atoms with Crippen LogP contribution in [0.15, 0.2) is 103 Å². The summed E-state index contributed by atoms with van der Waals surface area (Å²) >= 11 is 11.8. The van der Waals surface area contributed by atoms with E-state index in [0.717, 1.165) is 56.6 Å². The van der Waals surface area contributed by atoms with Crippen molar-refractivity contribution < 1.29 is 4.42 Å². The van der Waals surface area contributed by atoms with Crippen LogP contribution in [0.5, 0.6) is 0 Å². The quantitative estimate of drug-likeness (QED) is 0.214. The molecule has 39 heavy (non-hydrogen) atoms. The van der Waals surface area contributed by atoms with E-state index in [1.807, 2.05) is 66.1 Å². The molecule has 0 amide bonds. The zero-order chi connectivity index (χ0) is 26.7. The third-order valence-corrected chi connectivity index (χ3v) is 9.35. The number of nitrogens with zero attached hydrogens (tertiary/aromatic N) is 2. The van der Waals surface area contributed by atoms with Gasteiger partial charge in [-0.05, 0) is 72.4 Å². The maximum absolute atomic E-state index is 14.0. The van der Waals surface area contributed by atoms with Crippen LogP contribution < -0.4 is 14.9 Å². The fourth-order valence-electron chi connectivity index (χ4n) is 5.52. The highest BCUT2D eigenvalue weighted by Crippen LogP contribution is 2.42. The molecule has 192 valence electrons. The van der Waals surface area contributed by atoms with E-state index in [-0.39, 0.29) is 11.6 Å². The molecule has 1 unspecified atom stereocenters. The second-order valence-corrected chi connectivity index (χ2v) is 12.1. The zero-order valence-corrected chi connectivity index (χ0v) is 24.1. The molecule has 7 rings (SSSR count). The van der Waals surface area contributed by atoms with Crippen molar-refractivity contribution in [2.45, 2.75) is 25.8 Å². The largest absolute Gasteiger partial charge is 0.457 e. The number of hydrogen-bond acceptors (Lipinski definition) is 4. The van der Waals surface area contributed by atoms with Gasteiger partial charge in [0.25, 0.3) is 5.56 Å². The van der Waals surface area contributed by atoms with Crippen molar-refractivity contribution in [1.82, 2.24) is 4.57 Å². The Labute approximate surface area is 242 Å². The van der Waals surface area contributed by atoms with Gasteiger partial charge in [-0.15, -0.1) is 0 Å². The van der Waals surface area contributed by atoms with E-state index in [9.17, 15) is 4.79 Å². The van der Waals surface area contributed by atoms with Crippen molar-refractivity contribution in [2.75, 3.05) is 0 Å². The monoisotopic (exact) mass is 612 g/mol.